The lowest BCUT2D eigenvalue weighted by atomic mass is 9.90. The topological polar surface area (TPSA) is 73.6 Å². The molecule has 2 fully saturated rings. The number of amides is 2. The molecular formula is C26H19Cl2N3O3S. The van der Waals surface area contributed by atoms with E-state index in [-0.39, 0.29) is 5.91 Å². The number of anilines is 2. The molecule has 0 bridgehead atoms. The molecule has 3 heterocycles. The first-order valence-electron chi connectivity index (χ1n) is 11.4. The van der Waals surface area contributed by atoms with Crippen molar-refractivity contribution in [3.8, 4) is 6.07 Å². The summed E-state index contributed by atoms with van der Waals surface area (Å²) >= 11 is 14.1. The van der Waals surface area contributed by atoms with E-state index in [1.807, 2.05) is 30.3 Å². The molecule has 0 radical (unpaired) electrons. The minimum Gasteiger partial charge on any atom is -0.273 e. The number of carbonyl (C=O) groups excluding carboxylic acids is 2. The largest absolute Gasteiger partial charge is 0.273 e. The van der Waals surface area contributed by atoms with Gasteiger partial charge in [0.15, 0.2) is 6.10 Å². The molecule has 1 aliphatic carbocycles. The monoisotopic (exact) mass is 523 g/mol. The lowest BCUT2D eigenvalue weighted by Gasteiger charge is -2.29. The number of aryl methyl sites for hydroxylation is 1. The predicted octanol–water partition coefficient (Wildman–Crippen LogP) is 5.86. The number of nitrogens with zero attached hydrogens (tertiary/aromatic N) is 3. The maximum atomic E-state index is 13.9. The fraction of sp³-hybridized carbons (Fsp3) is 0.269. The van der Waals surface area contributed by atoms with Crippen molar-refractivity contribution in [1.82, 2.24) is 0 Å². The van der Waals surface area contributed by atoms with Crippen LogP contribution in [-0.4, -0.2) is 17.9 Å². The Morgan fingerprint density at radius 2 is 1.80 bits per heavy atom. The molecule has 0 unspecified atom stereocenters. The summed E-state index contributed by atoms with van der Waals surface area (Å²) in [6.07, 6.45) is 2.66. The number of hydrogen-bond acceptors (Lipinski definition) is 6. The standard InChI is InChI=1S/C26H19Cl2N3O3S/c27-14-10-11-17(19(28)12-14)22-21-23(34-31(22)15-6-2-1-3-7-15)25(33)30(24(21)32)26-18(13-29)16-8-4-5-9-20(16)35-26/h1-3,6-7,10-12,21-23H,4-5,8-9H2/t21-,22-,23-/m1/s1. The van der Waals surface area contributed by atoms with Gasteiger partial charge in [0, 0.05) is 14.9 Å². The summed E-state index contributed by atoms with van der Waals surface area (Å²) in [5, 5.41) is 12.8. The Kier molecular flexibility index (Phi) is 5.58. The van der Waals surface area contributed by atoms with Gasteiger partial charge in [-0.15, -0.1) is 11.3 Å². The Morgan fingerprint density at radius 1 is 1.03 bits per heavy atom. The van der Waals surface area contributed by atoms with Gasteiger partial charge in [0.2, 0.25) is 5.91 Å². The van der Waals surface area contributed by atoms with Gasteiger partial charge in [0.05, 0.1) is 17.3 Å². The van der Waals surface area contributed by atoms with Gasteiger partial charge in [-0.25, -0.2) is 9.96 Å². The van der Waals surface area contributed by atoms with Gasteiger partial charge < -0.3 is 0 Å². The molecule has 3 aliphatic rings. The molecule has 1 aromatic heterocycles. The number of hydrogen-bond donors (Lipinski definition) is 0. The molecule has 0 spiro atoms. The maximum Gasteiger partial charge on any atom is 0.267 e. The maximum absolute atomic E-state index is 13.9. The van der Waals surface area contributed by atoms with Gasteiger partial charge in [0.25, 0.3) is 5.91 Å². The van der Waals surface area contributed by atoms with E-state index in [9.17, 15) is 14.9 Å². The molecule has 6 rings (SSSR count). The summed E-state index contributed by atoms with van der Waals surface area (Å²) in [5.74, 6) is -1.67. The Morgan fingerprint density at radius 3 is 2.54 bits per heavy atom. The van der Waals surface area contributed by atoms with Crippen LogP contribution < -0.4 is 9.96 Å². The van der Waals surface area contributed by atoms with Crippen molar-refractivity contribution in [2.45, 2.75) is 37.8 Å². The molecule has 176 valence electrons. The Bertz CT molecular complexity index is 1400. The SMILES string of the molecule is N#Cc1c(N2C(=O)[C@@H]3[C@@H](c4ccc(Cl)cc4Cl)N(c4ccccc4)O[C@H]3C2=O)sc2c1CCCC2. The van der Waals surface area contributed by atoms with Crippen LogP contribution in [0.15, 0.2) is 48.5 Å². The van der Waals surface area contributed by atoms with E-state index in [2.05, 4.69) is 6.07 Å². The van der Waals surface area contributed by atoms with Crippen molar-refractivity contribution in [2.75, 3.05) is 9.96 Å². The minimum absolute atomic E-state index is 0.385. The highest BCUT2D eigenvalue weighted by Gasteiger charge is 2.61. The molecule has 2 saturated heterocycles. The number of imide groups is 1. The highest BCUT2D eigenvalue weighted by molar-refractivity contribution is 7.17. The lowest BCUT2D eigenvalue weighted by Crippen LogP contribution is -2.37. The first-order valence-corrected chi connectivity index (χ1v) is 12.9. The van der Waals surface area contributed by atoms with Crippen molar-refractivity contribution in [2.24, 2.45) is 5.92 Å². The molecule has 2 aliphatic heterocycles. The second-order valence-corrected chi connectivity index (χ2v) is 10.8. The zero-order valence-corrected chi connectivity index (χ0v) is 20.7. The average Bonchev–Trinajstić information content (AvgIpc) is 3.50. The normalized spacial score (nSPS) is 23.4. The van der Waals surface area contributed by atoms with Crippen molar-refractivity contribution in [3.05, 3.63) is 80.1 Å². The van der Waals surface area contributed by atoms with Crippen molar-refractivity contribution in [3.63, 3.8) is 0 Å². The van der Waals surface area contributed by atoms with E-state index in [1.165, 1.54) is 16.2 Å². The number of thiophene rings is 1. The number of halogens is 2. The number of fused-ring (bicyclic) bond motifs is 2. The molecule has 6 nitrogen and oxygen atoms in total. The van der Waals surface area contributed by atoms with Gasteiger partial charge in [-0.05, 0) is 61.1 Å². The van der Waals surface area contributed by atoms with Gasteiger partial charge in [-0.3, -0.25) is 14.4 Å². The first kappa shape index (κ1) is 22.6. The van der Waals surface area contributed by atoms with Crippen LogP contribution in [0.25, 0.3) is 0 Å². The molecule has 9 heteroatoms. The van der Waals surface area contributed by atoms with Crippen molar-refractivity contribution in [1.29, 1.82) is 5.26 Å². The van der Waals surface area contributed by atoms with E-state index >= 15 is 0 Å². The van der Waals surface area contributed by atoms with E-state index in [1.54, 1.807) is 23.3 Å². The summed E-state index contributed by atoms with van der Waals surface area (Å²) < 4.78 is 0. The van der Waals surface area contributed by atoms with Crippen molar-refractivity contribution < 1.29 is 14.4 Å². The molecule has 35 heavy (non-hydrogen) atoms. The molecular weight excluding hydrogens is 505 g/mol. The quantitative estimate of drug-likeness (QED) is 0.402. The summed E-state index contributed by atoms with van der Waals surface area (Å²) in [6.45, 7) is 0. The van der Waals surface area contributed by atoms with Gasteiger partial charge in [-0.1, -0.05) is 47.5 Å². The second kappa shape index (κ2) is 8.65. The highest BCUT2D eigenvalue weighted by atomic mass is 35.5. The third-order valence-corrected chi connectivity index (χ3v) is 8.71. The zero-order chi connectivity index (χ0) is 24.3. The predicted molar refractivity (Wildman–Crippen MR) is 135 cm³/mol. The van der Waals surface area contributed by atoms with E-state index < -0.39 is 24.0 Å². The lowest BCUT2D eigenvalue weighted by molar-refractivity contribution is -0.126. The summed E-state index contributed by atoms with van der Waals surface area (Å²) in [6, 6.07) is 16.0. The van der Waals surface area contributed by atoms with E-state index in [0.717, 1.165) is 36.1 Å². The Balaban J connectivity index is 1.46. The van der Waals surface area contributed by atoms with Crippen LogP contribution in [0.1, 0.15) is 40.5 Å². The van der Waals surface area contributed by atoms with Crippen LogP contribution in [0.2, 0.25) is 10.0 Å². The minimum atomic E-state index is -1.02. The fourth-order valence-corrected chi connectivity index (χ4v) is 7.16. The number of rotatable bonds is 3. The molecule has 2 amide bonds. The van der Waals surface area contributed by atoms with Crippen LogP contribution >= 0.6 is 34.5 Å². The molecule has 2 aromatic carbocycles. The summed E-state index contributed by atoms with van der Waals surface area (Å²) in [7, 11) is 0. The van der Waals surface area contributed by atoms with Crippen LogP contribution in [0.4, 0.5) is 10.7 Å². The molecule has 3 atom stereocenters. The van der Waals surface area contributed by atoms with Crippen LogP contribution in [0.3, 0.4) is 0 Å². The number of benzene rings is 2. The Hall–Kier alpha value is -2.89. The van der Waals surface area contributed by atoms with Gasteiger partial charge in [-0.2, -0.15) is 5.26 Å². The Labute approximate surface area is 216 Å². The third-order valence-electron chi connectivity index (χ3n) is 6.87. The van der Waals surface area contributed by atoms with Crippen LogP contribution in [-0.2, 0) is 27.3 Å². The zero-order valence-electron chi connectivity index (χ0n) is 18.4. The third kappa shape index (κ3) is 3.47. The highest BCUT2D eigenvalue weighted by Crippen LogP contribution is 2.51. The average molecular weight is 524 g/mol. The van der Waals surface area contributed by atoms with Crippen LogP contribution in [0.5, 0.6) is 0 Å². The molecule has 0 saturated carbocycles. The van der Waals surface area contributed by atoms with Gasteiger partial charge in [0.1, 0.15) is 17.0 Å². The number of nitriles is 1. The van der Waals surface area contributed by atoms with Crippen LogP contribution in [0, 0.1) is 17.2 Å². The van der Waals surface area contributed by atoms with Gasteiger partial charge >= 0.3 is 0 Å². The number of carbonyl (C=O) groups is 2. The van der Waals surface area contributed by atoms with E-state index in [4.69, 9.17) is 28.0 Å². The fourth-order valence-electron chi connectivity index (χ4n) is 5.29. The summed E-state index contributed by atoms with van der Waals surface area (Å²) in [5.41, 5.74) is 2.75. The van der Waals surface area contributed by atoms with Crippen molar-refractivity contribution >= 4 is 57.0 Å². The molecule has 3 aromatic rings. The number of hydroxylamine groups is 1. The second-order valence-electron chi connectivity index (χ2n) is 8.84. The van der Waals surface area contributed by atoms with E-state index in [0.29, 0.717) is 31.9 Å². The smallest absolute Gasteiger partial charge is 0.267 e. The first-order chi connectivity index (χ1) is 17.0. The number of para-hydroxylation sites is 1. The summed E-state index contributed by atoms with van der Waals surface area (Å²) in [4.78, 5) is 36.1. The molecule has 0 N–H and O–H groups in total.